The first-order valence-electron chi connectivity index (χ1n) is 7.09. The van der Waals surface area contributed by atoms with Crippen molar-refractivity contribution in [2.75, 3.05) is 6.54 Å². The van der Waals surface area contributed by atoms with Crippen LogP contribution in [0.25, 0.3) is 0 Å². The van der Waals surface area contributed by atoms with Crippen LogP contribution in [0.4, 0.5) is 0 Å². The van der Waals surface area contributed by atoms with E-state index in [1.165, 1.54) is 5.56 Å². The van der Waals surface area contributed by atoms with E-state index in [0.717, 1.165) is 11.4 Å². The molecule has 0 radical (unpaired) electrons. The summed E-state index contributed by atoms with van der Waals surface area (Å²) in [5.41, 5.74) is 1.20. The summed E-state index contributed by atoms with van der Waals surface area (Å²) in [6.45, 7) is 6.69. The summed E-state index contributed by atoms with van der Waals surface area (Å²) in [6.07, 6.45) is 1.57. The second-order valence-electron chi connectivity index (χ2n) is 5.80. The SMILES string of the molecule is CC(C)CC(CNC(C)Cc1ccc(Cl)cc1)C(=O)O. The quantitative estimate of drug-likeness (QED) is 0.770. The zero-order valence-electron chi connectivity index (χ0n) is 12.4. The molecule has 1 aromatic carbocycles. The Morgan fingerprint density at radius 1 is 1.25 bits per heavy atom. The van der Waals surface area contributed by atoms with Gasteiger partial charge in [-0.05, 0) is 43.4 Å². The number of benzene rings is 1. The van der Waals surface area contributed by atoms with Gasteiger partial charge < -0.3 is 10.4 Å². The van der Waals surface area contributed by atoms with Crippen LogP contribution in [-0.2, 0) is 11.2 Å². The number of carbonyl (C=O) groups is 1. The lowest BCUT2D eigenvalue weighted by Gasteiger charge is -2.19. The maximum Gasteiger partial charge on any atom is 0.307 e. The fourth-order valence-electron chi connectivity index (χ4n) is 2.23. The van der Waals surface area contributed by atoms with Crippen molar-refractivity contribution in [1.29, 1.82) is 0 Å². The summed E-state index contributed by atoms with van der Waals surface area (Å²) in [6, 6.07) is 8.00. The molecule has 0 fully saturated rings. The topological polar surface area (TPSA) is 49.3 Å². The normalized spacial score (nSPS) is 14.2. The number of hydrogen-bond acceptors (Lipinski definition) is 2. The summed E-state index contributed by atoms with van der Waals surface area (Å²) < 4.78 is 0. The summed E-state index contributed by atoms with van der Waals surface area (Å²) in [5.74, 6) is -0.642. The lowest BCUT2D eigenvalue weighted by Crippen LogP contribution is -2.36. The minimum absolute atomic E-state index is 0.241. The van der Waals surface area contributed by atoms with Crippen LogP contribution < -0.4 is 5.32 Å². The highest BCUT2D eigenvalue weighted by molar-refractivity contribution is 6.30. The summed E-state index contributed by atoms with van der Waals surface area (Å²) in [7, 11) is 0. The van der Waals surface area contributed by atoms with Crippen LogP contribution in [0, 0.1) is 11.8 Å². The van der Waals surface area contributed by atoms with E-state index < -0.39 is 5.97 Å². The van der Waals surface area contributed by atoms with E-state index in [0.29, 0.717) is 18.9 Å². The van der Waals surface area contributed by atoms with Crippen molar-refractivity contribution in [3.63, 3.8) is 0 Å². The predicted molar refractivity (Wildman–Crippen MR) is 83.2 cm³/mol. The Bertz CT molecular complexity index is 417. The highest BCUT2D eigenvalue weighted by Crippen LogP contribution is 2.13. The molecular weight excluding hydrogens is 274 g/mol. The molecule has 0 aliphatic rings. The molecule has 0 amide bonds. The van der Waals surface area contributed by atoms with Crippen LogP contribution in [0.3, 0.4) is 0 Å². The molecule has 0 heterocycles. The molecule has 0 saturated heterocycles. The van der Waals surface area contributed by atoms with Crippen LogP contribution >= 0.6 is 11.6 Å². The molecule has 2 atom stereocenters. The third kappa shape index (κ3) is 6.40. The standard InChI is InChI=1S/C16H24ClNO2/c1-11(2)8-14(16(19)20)10-18-12(3)9-13-4-6-15(17)7-5-13/h4-7,11-12,14,18H,8-10H2,1-3H3,(H,19,20). The predicted octanol–water partition coefficient (Wildman–Crippen LogP) is 3.61. The number of nitrogens with one attached hydrogen (secondary N) is 1. The van der Waals surface area contributed by atoms with E-state index in [9.17, 15) is 9.90 Å². The van der Waals surface area contributed by atoms with Gasteiger partial charge in [0, 0.05) is 17.6 Å². The average Bonchev–Trinajstić information content (AvgIpc) is 2.36. The van der Waals surface area contributed by atoms with Gasteiger partial charge in [-0.1, -0.05) is 37.6 Å². The molecule has 112 valence electrons. The number of hydrogen-bond donors (Lipinski definition) is 2. The van der Waals surface area contributed by atoms with E-state index in [4.69, 9.17) is 11.6 Å². The third-order valence-electron chi connectivity index (χ3n) is 3.27. The molecule has 1 aromatic rings. The second-order valence-corrected chi connectivity index (χ2v) is 6.24. The molecule has 4 heteroatoms. The first-order chi connectivity index (χ1) is 9.38. The Morgan fingerprint density at radius 3 is 2.35 bits per heavy atom. The van der Waals surface area contributed by atoms with Crippen molar-refractivity contribution >= 4 is 17.6 Å². The molecule has 0 aliphatic heterocycles. The van der Waals surface area contributed by atoms with E-state index >= 15 is 0 Å². The van der Waals surface area contributed by atoms with Crippen molar-refractivity contribution in [3.05, 3.63) is 34.9 Å². The van der Waals surface area contributed by atoms with Crippen LogP contribution in [0.2, 0.25) is 5.02 Å². The Kier molecular flexibility index (Phi) is 7.03. The summed E-state index contributed by atoms with van der Waals surface area (Å²) in [4.78, 5) is 11.2. The molecule has 0 saturated carbocycles. The number of carboxylic acid groups (broad SMARTS) is 1. The first kappa shape index (κ1) is 17.0. The molecule has 0 bridgehead atoms. The lowest BCUT2D eigenvalue weighted by atomic mass is 9.96. The second kappa shape index (κ2) is 8.28. The van der Waals surface area contributed by atoms with Crippen molar-refractivity contribution in [2.45, 2.75) is 39.7 Å². The van der Waals surface area contributed by atoms with E-state index in [2.05, 4.69) is 12.2 Å². The van der Waals surface area contributed by atoms with Crippen LogP contribution in [0.15, 0.2) is 24.3 Å². The van der Waals surface area contributed by atoms with Crippen LogP contribution in [-0.4, -0.2) is 23.7 Å². The zero-order valence-corrected chi connectivity index (χ0v) is 13.2. The number of halogens is 1. The van der Waals surface area contributed by atoms with Gasteiger partial charge in [0.25, 0.3) is 0 Å². The summed E-state index contributed by atoms with van der Waals surface area (Å²) in [5, 5.41) is 13.3. The Balaban J connectivity index is 2.43. The van der Waals surface area contributed by atoms with Crippen LogP contribution in [0.5, 0.6) is 0 Å². The Morgan fingerprint density at radius 2 is 1.85 bits per heavy atom. The molecular formula is C16H24ClNO2. The molecule has 0 aliphatic carbocycles. The van der Waals surface area contributed by atoms with Crippen molar-refractivity contribution in [2.24, 2.45) is 11.8 Å². The van der Waals surface area contributed by atoms with Gasteiger partial charge in [0.15, 0.2) is 0 Å². The minimum Gasteiger partial charge on any atom is -0.481 e. The van der Waals surface area contributed by atoms with Gasteiger partial charge in [-0.25, -0.2) is 0 Å². The van der Waals surface area contributed by atoms with E-state index in [1.807, 2.05) is 38.1 Å². The van der Waals surface area contributed by atoms with Gasteiger partial charge >= 0.3 is 5.97 Å². The minimum atomic E-state index is -0.718. The van der Waals surface area contributed by atoms with E-state index in [1.54, 1.807) is 0 Å². The fraction of sp³-hybridized carbons (Fsp3) is 0.562. The maximum atomic E-state index is 11.2. The zero-order chi connectivity index (χ0) is 15.1. The first-order valence-corrected chi connectivity index (χ1v) is 7.47. The maximum absolute atomic E-state index is 11.2. The summed E-state index contributed by atoms with van der Waals surface area (Å²) >= 11 is 5.85. The highest BCUT2D eigenvalue weighted by atomic mass is 35.5. The molecule has 3 nitrogen and oxygen atoms in total. The number of rotatable bonds is 8. The van der Waals surface area contributed by atoms with Gasteiger partial charge in [0.05, 0.1) is 5.92 Å². The van der Waals surface area contributed by atoms with Crippen LogP contribution in [0.1, 0.15) is 32.8 Å². The van der Waals surface area contributed by atoms with Crippen molar-refractivity contribution in [1.82, 2.24) is 5.32 Å². The van der Waals surface area contributed by atoms with E-state index in [-0.39, 0.29) is 12.0 Å². The molecule has 0 spiro atoms. The fourth-order valence-corrected chi connectivity index (χ4v) is 2.36. The third-order valence-corrected chi connectivity index (χ3v) is 3.52. The van der Waals surface area contributed by atoms with Gasteiger partial charge in [-0.3, -0.25) is 4.79 Å². The Labute approximate surface area is 126 Å². The monoisotopic (exact) mass is 297 g/mol. The lowest BCUT2D eigenvalue weighted by molar-refractivity contribution is -0.142. The molecule has 2 unspecified atom stereocenters. The Hall–Kier alpha value is -1.06. The van der Waals surface area contributed by atoms with Gasteiger partial charge in [0.1, 0.15) is 0 Å². The molecule has 2 N–H and O–H groups in total. The van der Waals surface area contributed by atoms with Gasteiger partial charge in [-0.15, -0.1) is 0 Å². The number of aliphatic carboxylic acids is 1. The largest absolute Gasteiger partial charge is 0.481 e. The smallest absolute Gasteiger partial charge is 0.307 e. The number of carboxylic acids is 1. The van der Waals surface area contributed by atoms with Crippen molar-refractivity contribution in [3.8, 4) is 0 Å². The van der Waals surface area contributed by atoms with Gasteiger partial charge in [0.2, 0.25) is 0 Å². The van der Waals surface area contributed by atoms with Gasteiger partial charge in [-0.2, -0.15) is 0 Å². The average molecular weight is 298 g/mol. The molecule has 20 heavy (non-hydrogen) atoms. The molecule has 1 rings (SSSR count). The van der Waals surface area contributed by atoms with Crippen molar-refractivity contribution < 1.29 is 9.90 Å². The molecule has 0 aromatic heterocycles. The highest BCUT2D eigenvalue weighted by Gasteiger charge is 2.19.